The molecular formula is C9H16N2O3. The molecule has 0 rings (SSSR count). The number of nitrogens with one attached hydrogen (secondary N) is 1. The van der Waals surface area contributed by atoms with E-state index in [0.29, 0.717) is 12.1 Å². The molecule has 0 fully saturated rings. The predicted molar refractivity (Wildman–Crippen MR) is 53.0 cm³/mol. The average Bonchev–Trinajstić information content (AvgIpc) is 2.02. The van der Waals surface area contributed by atoms with Gasteiger partial charge in [-0.3, -0.25) is 4.79 Å². The Morgan fingerprint density at radius 1 is 1.36 bits per heavy atom. The number of amides is 1. The van der Waals surface area contributed by atoms with E-state index in [1.807, 2.05) is 0 Å². The lowest BCUT2D eigenvalue weighted by molar-refractivity contribution is -0.131. The van der Waals surface area contributed by atoms with Crippen molar-refractivity contribution < 1.29 is 14.7 Å². The van der Waals surface area contributed by atoms with Crippen LogP contribution in [0.5, 0.6) is 0 Å². The first-order valence-electron chi connectivity index (χ1n) is 4.24. The minimum atomic E-state index is -0.969. The lowest BCUT2D eigenvalue weighted by atomic mass is 10.3. The number of likely N-dealkylation sites (N-methyl/N-ethyl adjacent to an activating group) is 1. The van der Waals surface area contributed by atoms with Gasteiger partial charge in [-0.15, -0.1) is 0 Å². The van der Waals surface area contributed by atoms with Gasteiger partial charge in [-0.25, -0.2) is 4.79 Å². The molecule has 0 aliphatic rings. The molecule has 0 radical (unpaired) electrons. The van der Waals surface area contributed by atoms with Crippen LogP contribution in [0.4, 0.5) is 0 Å². The molecule has 0 aromatic heterocycles. The summed E-state index contributed by atoms with van der Waals surface area (Å²) >= 11 is 0. The Labute approximate surface area is 83.4 Å². The minimum Gasteiger partial charge on any atom is -0.478 e. The fraction of sp³-hybridized carbons (Fsp3) is 0.556. The predicted octanol–water partition coefficient (Wildman–Crippen LogP) is -0.305. The molecule has 0 aromatic carbocycles. The Bertz CT molecular complexity index is 246. The summed E-state index contributed by atoms with van der Waals surface area (Å²) in [6.45, 7) is 2.32. The molecular weight excluding hydrogens is 184 g/mol. The van der Waals surface area contributed by atoms with Crippen LogP contribution in [0.15, 0.2) is 11.6 Å². The van der Waals surface area contributed by atoms with Gasteiger partial charge in [0, 0.05) is 26.7 Å². The third kappa shape index (κ3) is 6.19. The highest BCUT2D eigenvalue weighted by Crippen LogP contribution is 1.89. The molecule has 5 heteroatoms. The number of rotatable bonds is 5. The summed E-state index contributed by atoms with van der Waals surface area (Å²) in [6.07, 6.45) is 1.12. The van der Waals surface area contributed by atoms with Crippen LogP contribution in [0.1, 0.15) is 6.92 Å². The second kappa shape index (κ2) is 6.15. The molecule has 0 aliphatic heterocycles. The molecule has 0 atom stereocenters. The Hall–Kier alpha value is -1.36. The minimum absolute atomic E-state index is 0.0341. The molecule has 0 saturated heterocycles. The summed E-state index contributed by atoms with van der Waals surface area (Å²) in [5.74, 6) is -1.00. The van der Waals surface area contributed by atoms with Gasteiger partial charge in [0.1, 0.15) is 0 Å². The van der Waals surface area contributed by atoms with Gasteiger partial charge >= 0.3 is 5.97 Å². The van der Waals surface area contributed by atoms with Crippen LogP contribution in [-0.4, -0.2) is 49.1 Å². The van der Waals surface area contributed by atoms with Crippen molar-refractivity contribution in [1.29, 1.82) is 0 Å². The number of carboxylic acids is 1. The summed E-state index contributed by atoms with van der Waals surface area (Å²) < 4.78 is 0. The second-order valence-electron chi connectivity index (χ2n) is 3.22. The van der Waals surface area contributed by atoms with E-state index in [-0.39, 0.29) is 12.5 Å². The maximum atomic E-state index is 11.1. The molecule has 0 spiro atoms. The normalized spacial score (nSPS) is 11.2. The molecule has 2 N–H and O–H groups in total. The molecule has 0 unspecified atom stereocenters. The van der Waals surface area contributed by atoms with Crippen molar-refractivity contribution in [2.24, 2.45) is 0 Å². The molecule has 0 aromatic rings. The zero-order valence-corrected chi connectivity index (χ0v) is 8.70. The van der Waals surface area contributed by atoms with Crippen LogP contribution in [0, 0.1) is 0 Å². The maximum Gasteiger partial charge on any atom is 0.328 e. The summed E-state index contributed by atoms with van der Waals surface area (Å²) in [5.41, 5.74) is 0.684. The first-order chi connectivity index (χ1) is 6.43. The molecule has 1 amide bonds. The summed E-state index contributed by atoms with van der Waals surface area (Å²) in [7, 11) is 3.34. The maximum absolute atomic E-state index is 11.1. The number of nitrogens with zero attached hydrogens (tertiary/aromatic N) is 1. The highest BCUT2D eigenvalue weighted by atomic mass is 16.4. The molecule has 5 nitrogen and oxygen atoms in total. The van der Waals surface area contributed by atoms with Gasteiger partial charge in [0.2, 0.25) is 5.91 Å². The Kier molecular flexibility index (Phi) is 5.55. The zero-order chi connectivity index (χ0) is 11.1. The van der Waals surface area contributed by atoms with Crippen molar-refractivity contribution in [2.75, 3.05) is 27.2 Å². The van der Waals surface area contributed by atoms with Crippen molar-refractivity contribution in [3.05, 3.63) is 11.6 Å². The van der Waals surface area contributed by atoms with E-state index in [9.17, 15) is 9.59 Å². The van der Waals surface area contributed by atoms with Crippen LogP contribution in [0.2, 0.25) is 0 Å². The van der Waals surface area contributed by atoms with Crippen molar-refractivity contribution >= 4 is 11.9 Å². The number of carbonyl (C=O) groups is 2. The van der Waals surface area contributed by atoms with Gasteiger partial charge < -0.3 is 15.3 Å². The van der Waals surface area contributed by atoms with Gasteiger partial charge in [0.15, 0.2) is 0 Å². The fourth-order valence-electron chi connectivity index (χ4n) is 0.787. The van der Waals surface area contributed by atoms with Gasteiger partial charge in [0.05, 0.1) is 6.54 Å². The van der Waals surface area contributed by atoms with E-state index in [1.165, 1.54) is 4.90 Å². The summed E-state index contributed by atoms with van der Waals surface area (Å²) in [5, 5.41) is 11.3. The molecule has 0 bridgehead atoms. The average molecular weight is 200 g/mol. The van der Waals surface area contributed by atoms with Gasteiger partial charge in [-0.1, -0.05) is 5.57 Å². The van der Waals surface area contributed by atoms with Crippen LogP contribution < -0.4 is 5.32 Å². The molecule has 0 heterocycles. The Morgan fingerprint density at radius 3 is 2.36 bits per heavy atom. The van der Waals surface area contributed by atoms with Crippen molar-refractivity contribution in [1.82, 2.24) is 10.2 Å². The molecule has 0 saturated carbocycles. The number of hydrogen-bond acceptors (Lipinski definition) is 3. The molecule has 0 aliphatic carbocycles. The Morgan fingerprint density at radius 2 is 1.93 bits per heavy atom. The van der Waals surface area contributed by atoms with E-state index >= 15 is 0 Å². The smallest absolute Gasteiger partial charge is 0.328 e. The zero-order valence-electron chi connectivity index (χ0n) is 8.70. The molecule has 80 valence electrons. The Balaban J connectivity index is 3.75. The lowest BCUT2D eigenvalue weighted by Gasteiger charge is -2.10. The van der Waals surface area contributed by atoms with Crippen LogP contribution in [0.3, 0.4) is 0 Å². The highest BCUT2D eigenvalue weighted by molar-refractivity contribution is 5.80. The second-order valence-corrected chi connectivity index (χ2v) is 3.22. The standard InChI is InChI=1S/C9H16N2O3/c1-7(4-9(13)14)5-10-6-8(12)11(2)3/h4,10H,5-6H2,1-3H3,(H,13,14). The largest absolute Gasteiger partial charge is 0.478 e. The molecule has 14 heavy (non-hydrogen) atoms. The first kappa shape index (κ1) is 12.6. The fourth-order valence-corrected chi connectivity index (χ4v) is 0.787. The summed E-state index contributed by atoms with van der Waals surface area (Å²) in [6, 6.07) is 0. The van der Waals surface area contributed by atoms with Crippen LogP contribution in [-0.2, 0) is 9.59 Å². The van der Waals surface area contributed by atoms with E-state index in [0.717, 1.165) is 6.08 Å². The number of aliphatic carboxylic acids is 1. The van der Waals surface area contributed by atoms with Gasteiger partial charge in [-0.2, -0.15) is 0 Å². The first-order valence-corrected chi connectivity index (χ1v) is 4.24. The van der Waals surface area contributed by atoms with E-state index in [1.54, 1.807) is 21.0 Å². The number of hydrogen-bond donors (Lipinski definition) is 2. The van der Waals surface area contributed by atoms with Crippen molar-refractivity contribution in [2.45, 2.75) is 6.92 Å². The van der Waals surface area contributed by atoms with Crippen LogP contribution in [0.25, 0.3) is 0 Å². The van der Waals surface area contributed by atoms with Crippen LogP contribution >= 0.6 is 0 Å². The third-order valence-electron chi connectivity index (χ3n) is 1.55. The quantitative estimate of drug-likeness (QED) is 0.597. The van der Waals surface area contributed by atoms with E-state index in [4.69, 9.17) is 5.11 Å². The highest BCUT2D eigenvalue weighted by Gasteiger charge is 2.02. The van der Waals surface area contributed by atoms with Crippen molar-refractivity contribution in [3.63, 3.8) is 0 Å². The lowest BCUT2D eigenvalue weighted by Crippen LogP contribution is -2.33. The van der Waals surface area contributed by atoms with Gasteiger partial charge in [0.25, 0.3) is 0 Å². The monoisotopic (exact) mass is 200 g/mol. The summed E-state index contributed by atoms with van der Waals surface area (Å²) in [4.78, 5) is 22.8. The SMILES string of the molecule is CC(=CC(=O)O)CNCC(=O)N(C)C. The van der Waals surface area contributed by atoms with Crippen molar-refractivity contribution in [3.8, 4) is 0 Å². The van der Waals surface area contributed by atoms with E-state index < -0.39 is 5.97 Å². The number of carbonyl (C=O) groups excluding carboxylic acids is 1. The van der Waals surface area contributed by atoms with Gasteiger partial charge in [-0.05, 0) is 6.92 Å². The topological polar surface area (TPSA) is 69.6 Å². The van der Waals surface area contributed by atoms with E-state index in [2.05, 4.69) is 5.32 Å². The third-order valence-corrected chi connectivity index (χ3v) is 1.55. The number of carboxylic acid groups (broad SMARTS) is 1.